The summed E-state index contributed by atoms with van der Waals surface area (Å²) in [7, 11) is 1.64. The minimum Gasteiger partial charge on any atom is -0.395 e. The highest BCUT2D eigenvalue weighted by Crippen LogP contribution is 2.25. The number of piperazine rings is 1. The molecule has 6 nitrogen and oxygen atoms in total. The van der Waals surface area contributed by atoms with E-state index in [1.807, 2.05) is 4.90 Å². The third-order valence-corrected chi connectivity index (χ3v) is 4.27. The number of β-amino-alcohol motifs (C(OH)–C–C–N with tert-alkyl or cyclic N) is 1. The van der Waals surface area contributed by atoms with Crippen molar-refractivity contribution in [3.8, 4) is 0 Å². The van der Waals surface area contributed by atoms with Crippen LogP contribution < -0.4 is 5.32 Å². The lowest BCUT2D eigenvalue weighted by Gasteiger charge is -2.42. The monoisotopic (exact) mass is 271 g/mol. The van der Waals surface area contributed by atoms with Crippen molar-refractivity contribution < 1.29 is 14.6 Å². The third-order valence-electron chi connectivity index (χ3n) is 4.27. The molecule has 2 heterocycles. The van der Waals surface area contributed by atoms with Crippen molar-refractivity contribution in [1.82, 2.24) is 15.1 Å². The molecular formula is C13H25N3O3. The first-order valence-electron chi connectivity index (χ1n) is 7.10. The van der Waals surface area contributed by atoms with Gasteiger partial charge in [0.25, 0.3) is 5.91 Å². The van der Waals surface area contributed by atoms with Crippen LogP contribution in [0.4, 0.5) is 0 Å². The van der Waals surface area contributed by atoms with Gasteiger partial charge in [0.15, 0.2) is 0 Å². The van der Waals surface area contributed by atoms with Crippen molar-refractivity contribution in [3.63, 3.8) is 0 Å². The van der Waals surface area contributed by atoms with Crippen LogP contribution >= 0.6 is 0 Å². The van der Waals surface area contributed by atoms with E-state index >= 15 is 0 Å². The second-order valence-electron chi connectivity index (χ2n) is 5.31. The molecule has 6 heteroatoms. The maximum Gasteiger partial charge on any atom is 0.254 e. The number of nitrogens with zero attached hydrogens (tertiary/aromatic N) is 2. The minimum atomic E-state index is -0.621. The van der Waals surface area contributed by atoms with Crippen molar-refractivity contribution in [1.29, 1.82) is 0 Å². The minimum absolute atomic E-state index is 0.139. The van der Waals surface area contributed by atoms with Crippen molar-refractivity contribution in [2.75, 3.05) is 59.5 Å². The molecule has 2 saturated heterocycles. The van der Waals surface area contributed by atoms with Crippen LogP contribution in [0.2, 0.25) is 0 Å². The molecule has 2 fully saturated rings. The number of carbonyl (C=O) groups excluding carboxylic acids is 1. The Morgan fingerprint density at radius 2 is 1.89 bits per heavy atom. The van der Waals surface area contributed by atoms with E-state index in [1.54, 1.807) is 7.11 Å². The Labute approximate surface area is 114 Å². The van der Waals surface area contributed by atoms with E-state index in [1.165, 1.54) is 0 Å². The molecular weight excluding hydrogens is 246 g/mol. The zero-order valence-electron chi connectivity index (χ0n) is 11.7. The summed E-state index contributed by atoms with van der Waals surface area (Å²) < 4.78 is 5.58. The summed E-state index contributed by atoms with van der Waals surface area (Å²) in [6.07, 6.45) is 1.50. The molecule has 0 aromatic rings. The Morgan fingerprint density at radius 3 is 2.42 bits per heavy atom. The van der Waals surface area contributed by atoms with Gasteiger partial charge >= 0.3 is 0 Å². The number of aliphatic hydroxyl groups is 1. The molecule has 2 aliphatic rings. The standard InChI is InChI=1S/C13H25N3O3/c1-19-13(2-4-14-5-3-13)12(18)16-8-6-15(7-9-16)10-11-17/h14,17H,2-11H2,1H3. The number of piperidine rings is 1. The molecule has 0 aromatic carbocycles. The van der Waals surface area contributed by atoms with Crippen LogP contribution in [-0.2, 0) is 9.53 Å². The van der Waals surface area contributed by atoms with Crippen LogP contribution in [0.25, 0.3) is 0 Å². The van der Waals surface area contributed by atoms with Gasteiger partial charge in [-0.2, -0.15) is 0 Å². The molecule has 110 valence electrons. The molecule has 2 aliphatic heterocycles. The zero-order valence-corrected chi connectivity index (χ0v) is 11.7. The maximum absolute atomic E-state index is 12.7. The summed E-state index contributed by atoms with van der Waals surface area (Å²) >= 11 is 0. The first-order valence-corrected chi connectivity index (χ1v) is 7.10. The molecule has 0 atom stereocenters. The number of aliphatic hydroxyl groups excluding tert-OH is 1. The molecule has 0 unspecified atom stereocenters. The second kappa shape index (κ2) is 6.65. The topological polar surface area (TPSA) is 65.0 Å². The Morgan fingerprint density at radius 1 is 1.26 bits per heavy atom. The summed E-state index contributed by atoms with van der Waals surface area (Å²) in [6, 6.07) is 0. The van der Waals surface area contributed by atoms with Crippen molar-refractivity contribution in [2.45, 2.75) is 18.4 Å². The molecule has 0 saturated carbocycles. The van der Waals surface area contributed by atoms with E-state index in [0.717, 1.165) is 52.1 Å². The van der Waals surface area contributed by atoms with Crippen LogP contribution in [-0.4, -0.2) is 85.9 Å². The van der Waals surface area contributed by atoms with Gasteiger partial charge in [0.1, 0.15) is 5.60 Å². The average molecular weight is 271 g/mol. The predicted octanol–water partition coefficient (Wildman–Crippen LogP) is -1.11. The van der Waals surface area contributed by atoms with Crippen molar-refractivity contribution in [3.05, 3.63) is 0 Å². The van der Waals surface area contributed by atoms with Gasteiger partial charge in [-0.15, -0.1) is 0 Å². The molecule has 0 radical (unpaired) electrons. The van der Waals surface area contributed by atoms with E-state index in [2.05, 4.69) is 10.2 Å². The highest BCUT2D eigenvalue weighted by molar-refractivity contribution is 5.85. The van der Waals surface area contributed by atoms with Crippen molar-refractivity contribution >= 4 is 5.91 Å². The highest BCUT2D eigenvalue weighted by atomic mass is 16.5. The van der Waals surface area contributed by atoms with Crippen LogP contribution in [0, 0.1) is 0 Å². The van der Waals surface area contributed by atoms with Gasteiger partial charge in [-0.3, -0.25) is 9.69 Å². The Hall–Kier alpha value is -0.690. The fraction of sp³-hybridized carbons (Fsp3) is 0.923. The molecule has 0 aromatic heterocycles. The number of hydrogen-bond acceptors (Lipinski definition) is 5. The molecule has 0 bridgehead atoms. The normalized spacial score (nSPS) is 24.4. The summed E-state index contributed by atoms with van der Waals surface area (Å²) in [5, 5.41) is 12.2. The van der Waals surface area contributed by atoms with Gasteiger partial charge in [-0.25, -0.2) is 0 Å². The van der Waals surface area contributed by atoms with Gasteiger partial charge in [0.2, 0.25) is 0 Å². The third kappa shape index (κ3) is 3.25. The summed E-state index contributed by atoms with van der Waals surface area (Å²) in [4.78, 5) is 16.8. The summed E-state index contributed by atoms with van der Waals surface area (Å²) in [5.41, 5.74) is -0.621. The quantitative estimate of drug-likeness (QED) is 0.679. The zero-order chi connectivity index (χ0) is 13.7. The fourth-order valence-electron chi connectivity index (χ4n) is 2.94. The van der Waals surface area contributed by atoms with Gasteiger partial charge in [0, 0.05) is 39.8 Å². The maximum atomic E-state index is 12.7. The molecule has 1 amide bonds. The second-order valence-corrected chi connectivity index (χ2v) is 5.31. The SMILES string of the molecule is COC1(C(=O)N2CCN(CCO)CC2)CCNCC1. The molecule has 19 heavy (non-hydrogen) atoms. The summed E-state index contributed by atoms with van der Waals surface area (Å²) in [6.45, 7) is 5.69. The van der Waals surface area contributed by atoms with Crippen LogP contribution in [0.3, 0.4) is 0 Å². The Kier molecular flexibility index (Phi) is 5.15. The van der Waals surface area contributed by atoms with E-state index in [-0.39, 0.29) is 12.5 Å². The summed E-state index contributed by atoms with van der Waals surface area (Å²) in [5.74, 6) is 0.139. The smallest absolute Gasteiger partial charge is 0.254 e. The van der Waals surface area contributed by atoms with E-state index in [4.69, 9.17) is 9.84 Å². The fourth-order valence-corrected chi connectivity index (χ4v) is 2.94. The Balaban J connectivity index is 1.92. The predicted molar refractivity (Wildman–Crippen MR) is 71.9 cm³/mol. The van der Waals surface area contributed by atoms with Crippen LogP contribution in [0.5, 0.6) is 0 Å². The van der Waals surface area contributed by atoms with E-state index < -0.39 is 5.60 Å². The van der Waals surface area contributed by atoms with Gasteiger partial charge in [0.05, 0.1) is 6.61 Å². The number of rotatable bonds is 4. The molecule has 2 rings (SSSR count). The number of hydrogen-bond donors (Lipinski definition) is 2. The van der Waals surface area contributed by atoms with Crippen molar-refractivity contribution in [2.24, 2.45) is 0 Å². The highest BCUT2D eigenvalue weighted by Gasteiger charge is 2.42. The lowest BCUT2D eigenvalue weighted by Crippen LogP contribution is -2.59. The number of amides is 1. The largest absolute Gasteiger partial charge is 0.395 e. The van der Waals surface area contributed by atoms with Gasteiger partial charge < -0.3 is 20.1 Å². The van der Waals surface area contributed by atoms with Gasteiger partial charge in [-0.05, 0) is 25.9 Å². The average Bonchev–Trinajstić information content (AvgIpc) is 2.48. The van der Waals surface area contributed by atoms with E-state index in [9.17, 15) is 4.79 Å². The molecule has 0 spiro atoms. The Bertz CT molecular complexity index is 298. The van der Waals surface area contributed by atoms with Crippen LogP contribution in [0.15, 0.2) is 0 Å². The van der Waals surface area contributed by atoms with E-state index in [0.29, 0.717) is 6.54 Å². The molecule has 0 aliphatic carbocycles. The first-order chi connectivity index (χ1) is 9.22. The first kappa shape index (κ1) is 14.7. The number of carbonyl (C=O) groups is 1. The number of nitrogens with one attached hydrogen (secondary N) is 1. The van der Waals surface area contributed by atoms with Gasteiger partial charge in [-0.1, -0.05) is 0 Å². The van der Waals surface area contributed by atoms with Crippen LogP contribution in [0.1, 0.15) is 12.8 Å². The lowest BCUT2D eigenvalue weighted by atomic mass is 9.90. The number of ether oxygens (including phenoxy) is 1. The number of methoxy groups -OCH3 is 1. The lowest BCUT2D eigenvalue weighted by molar-refractivity contribution is -0.160. The molecule has 2 N–H and O–H groups in total.